The van der Waals surface area contributed by atoms with E-state index >= 15 is 0 Å². The van der Waals surface area contributed by atoms with Crippen molar-refractivity contribution in [2.45, 2.75) is 22.5 Å². The highest BCUT2D eigenvalue weighted by Gasteiger charge is 2.32. The molecule has 1 heterocycles. The van der Waals surface area contributed by atoms with E-state index in [2.05, 4.69) is 0 Å². The number of esters is 1. The molecule has 9 heteroatoms. The van der Waals surface area contributed by atoms with E-state index in [1.165, 1.54) is 19.2 Å². The lowest BCUT2D eigenvalue weighted by Gasteiger charge is -2.12. The van der Waals surface area contributed by atoms with Gasteiger partial charge in [-0.15, -0.1) is 0 Å². The SMILES string of the molecule is CCOC(=O)c1c(CS(=O)c2ccccc2)c2cc(OC)ccc2n1S(=O)(=O)c1ccccc1. The van der Waals surface area contributed by atoms with Gasteiger partial charge in [-0.3, -0.25) is 4.21 Å². The van der Waals surface area contributed by atoms with Crippen LogP contribution in [0.5, 0.6) is 5.75 Å². The van der Waals surface area contributed by atoms with Crippen LogP contribution >= 0.6 is 0 Å². The van der Waals surface area contributed by atoms with Crippen LogP contribution in [0.1, 0.15) is 23.0 Å². The number of methoxy groups -OCH3 is 1. The van der Waals surface area contributed by atoms with Crippen LogP contribution in [0.2, 0.25) is 0 Å². The number of nitrogens with zero attached hydrogens (tertiary/aromatic N) is 1. The van der Waals surface area contributed by atoms with Crippen LogP contribution in [0, 0.1) is 0 Å². The Labute approximate surface area is 200 Å². The van der Waals surface area contributed by atoms with Crippen molar-refractivity contribution in [2.24, 2.45) is 0 Å². The van der Waals surface area contributed by atoms with Crippen LogP contribution in [0.4, 0.5) is 0 Å². The first kappa shape index (κ1) is 23.7. The number of rotatable bonds is 8. The second kappa shape index (κ2) is 9.82. The third-order valence-corrected chi connectivity index (χ3v) is 8.34. The van der Waals surface area contributed by atoms with Gasteiger partial charge in [-0.1, -0.05) is 36.4 Å². The van der Waals surface area contributed by atoms with Crippen LogP contribution in [0.25, 0.3) is 10.9 Å². The number of hydrogen-bond acceptors (Lipinski definition) is 6. The molecule has 0 N–H and O–H groups in total. The summed E-state index contributed by atoms with van der Waals surface area (Å²) in [5, 5.41) is 0.450. The predicted molar refractivity (Wildman–Crippen MR) is 130 cm³/mol. The van der Waals surface area contributed by atoms with Crippen molar-refractivity contribution in [3.05, 3.63) is 90.1 Å². The molecule has 0 saturated heterocycles. The fourth-order valence-corrected chi connectivity index (χ4v) is 6.45. The average molecular weight is 498 g/mol. The Morgan fingerprint density at radius 1 is 0.971 bits per heavy atom. The quantitative estimate of drug-likeness (QED) is 0.336. The first-order valence-electron chi connectivity index (χ1n) is 10.5. The zero-order chi connectivity index (χ0) is 24.3. The number of carbonyl (C=O) groups excluding carboxylic acids is 1. The van der Waals surface area contributed by atoms with E-state index in [0.29, 0.717) is 21.6 Å². The van der Waals surface area contributed by atoms with Crippen molar-refractivity contribution in [1.82, 2.24) is 3.97 Å². The second-order valence-corrected chi connectivity index (χ2v) is 10.6. The van der Waals surface area contributed by atoms with Gasteiger partial charge in [0.05, 0.1) is 40.7 Å². The molecule has 0 spiro atoms. The summed E-state index contributed by atoms with van der Waals surface area (Å²) in [5.41, 5.74) is 0.417. The largest absolute Gasteiger partial charge is 0.497 e. The average Bonchev–Trinajstić information content (AvgIpc) is 3.19. The number of fused-ring (bicyclic) bond motifs is 1. The number of aromatic nitrogens is 1. The van der Waals surface area contributed by atoms with Gasteiger partial charge >= 0.3 is 5.97 Å². The Morgan fingerprint density at radius 3 is 2.24 bits per heavy atom. The van der Waals surface area contributed by atoms with Crippen LogP contribution in [-0.2, 0) is 31.3 Å². The lowest BCUT2D eigenvalue weighted by Crippen LogP contribution is -2.21. The highest BCUT2D eigenvalue weighted by atomic mass is 32.2. The molecule has 0 bridgehead atoms. The van der Waals surface area contributed by atoms with Gasteiger partial charge in [0.15, 0.2) is 0 Å². The van der Waals surface area contributed by atoms with Crippen LogP contribution in [0.15, 0.2) is 88.7 Å². The highest BCUT2D eigenvalue weighted by molar-refractivity contribution is 7.90. The molecule has 0 aliphatic rings. The van der Waals surface area contributed by atoms with E-state index in [4.69, 9.17) is 9.47 Å². The highest BCUT2D eigenvalue weighted by Crippen LogP contribution is 2.35. The molecule has 0 aliphatic carbocycles. The smallest absolute Gasteiger partial charge is 0.356 e. The van der Waals surface area contributed by atoms with Gasteiger partial charge in [0.1, 0.15) is 11.4 Å². The summed E-state index contributed by atoms with van der Waals surface area (Å²) in [6.07, 6.45) is 0. The van der Waals surface area contributed by atoms with Gasteiger partial charge in [-0.2, -0.15) is 0 Å². The molecule has 1 aromatic heterocycles. The zero-order valence-corrected chi connectivity index (χ0v) is 20.3. The van der Waals surface area contributed by atoms with Crippen molar-refractivity contribution in [1.29, 1.82) is 0 Å². The van der Waals surface area contributed by atoms with Gasteiger partial charge in [-0.05, 0) is 49.4 Å². The molecule has 0 saturated carbocycles. The molecule has 0 aliphatic heterocycles. The van der Waals surface area contributed by atoms with Crippen LogP contribution in [-0.4, -0.2) is 36.3 Å². The molecule has 1 atom stereocenters. The van der Waals surface area contributed by atoms with Crippen molar-refractivity contribution in [3.63, 3.8) is 0 Å². The molecule has 3 aromatic carbocycles. The van der Waals surface area contributed by atoms with Crippen molar-refractivity contribution < 1.29 is 26.9 Å². The lowest BCUT2D eigenvalue weighted by atomic mass is 10.1. The van der Waals surface area contributed by atoms with Gasteiger partial charge in [0, 0.05) is 15.8 Å². The first-order chi connectivity index (χ1) is 16.4. The fourth-order valence-electron chi connectivity index (χ4n) is 3.72. The molecule has 0 amide bonds. The second-order valence-electron chi connectivity index (χ2n) is 7.32. The monoisotopic (exact) mass is 497 g/mol. The van der Waals surface area contributed by atoms with E-state index in [1.807, 2.05) is 6.07 Å². The molecule has 176 valence electrons. The summed E-state index contributed by atoms with van der Waals surface area (Å²) in [5.74, 6) is -0.416. The molecule has 1 unspecified atom stereocenters. The van der Waals surface area contributed by atoms with Gasteiger partial charge in [0.2, 0.25) is 0 Å². The predicted octanol–water partition coefficient (Wildman–Crippen LogP) is 4.37. The van der Waals surface area contributed by atoms with Crippen molar-refractivity contribution >= 4 is 37.7 Å². The maximum absolute atomic E-state index is 13.7. The van der Waals surface area contributed by atoms with E-state index in [0.717, 1.165) is 3.97 Å². The van der Waals surface area contributed by atoms with E-state index in [9.17, 15) is 17.4 Å². The van der Waals surface area contributed by atoms with Crippen molar-refractivity contribution in [2.75, 3.05) is 13.7 Å². The van der Waals surface area contributed by atoms with E-state index < -0.39 is 26.8 Å². The summed E-state index contributed by atoms with van der Waals surface area (Å²) >= 11 is 0. The topological polar surface area (TPSA) is 91.7 Å². The molecule has 7 nitrogen and oxygen atoms in total. The summed E-state index contributed by atoms with van der Waals surface area (Å²) in [6.45, 7) is 1.69. The van der Waals surface area contributed by atoms with Gasteiger partial charge < -0.3 is 9.47 Å². The Morgan fingerprint density at radius 2 is 1.62 bits per heavy atom. The number of carbonyl (C=O) groups is 1. The third kappa shape index (κ3) is 4.36. The summed E-state index contributed by atoms with van der Waals surface area (Å²) in [4.78, 5) is 13.7. The number of hydrogen-bond donors (Lipinski definition) is 0. The fraction of sp³-hybridized carbons (Fsp3) is 0.160. The molecule has 34 heavy (non-hydrogen) atoms. The molecule has 0 fully saturated rings. The summed E-state index contributed by atoms with van der Waals surface area (Å²) in [7, 11) is -4.23. The number of ether oxygens (including phenoxy) is 2. The minimum absolute atomic E-state index is 0.0176. The minimum Gasteiger partial charge on any atom is -0.497 e. The molecular weight excluding hydrogens is 474 g/mol. The molecule has 4 aromatic rings. The first-order valence-corrected chi connectivity index (χ1v) is 13.3. The molecule has 0 radical (unpaired) electrons. The van der Waals surface area contributed by atoms with Gasteiger partial charge in [-0.25, -0.2) is 17.2 Å². The molecular formula is C25H23NO6S2. The standard InChI is InChI=1S/C25H23NO6S2/c1-3-32-25(27)24-22(17-33(28)19-10-6-4-7-11-19)21-16-18(31-2)14-15-23(21)26(24)34(29,30)20-12-8-5-9-13-20/h4-16H,3,17H2,1-2H3. The zero-order valence-electron chi connectivity index (χ0n) is 18.6. The van der Waals surface area contributed by atoms with Crippen LogP contribution in [0.3, 0.4) is 0 Å². The number of benzene rings is 3. The molecule has 4 rings (SSSR count). The summed E-state index contributed by atoms with van der Waals surface area (Å²) < 4.78 is 52.3. The van der Waals surface area contributed by atoms with E-state index in [1.54, 1.807) is 67.6 Å². The normalized spacial score (nSPS) is 12.4. The Bertz CT molecular complexity index is 1460. The maximum Gasteiger partial charge on any atom is 0.356 e. The lowest BCUT2D eigenvalue weighted by molar-refractivity contribution is 0.0517. The Balaban J connectivity index is 2.04. The Hall–Kier alpha value is -3.43. The third-order valence-electron chi connectivity index (χ3n) is 5.27. The van der Waals surface area contributed by atoms with Crippen molar-refractivity contribution in [3.8, 4) is 5.75 Å². The van der Waals surface area contributed by atoms with Gasteiger partial charge in [0.25, 0.3) is 10.0 Å². The maximum atomic E-state index is 13.7. The van der Waals surface area contributed by atoms with E-state index in [-0.39, 0.29) is 28.5 Å². The summed E-state index contributed by atoms with van der Waals surface area (Å²) in [6, 6.07) is 21.5. The Kier molecular flexibility index (Phi) is 6.85. The minimum atomic E-state index is -4.18. The van der Waals surface area contributed by atoms with Crippen LogP contribution < -0.4 is 4.74 Å².